The van der Waals surface area contributed by atoms with Crippen molar-refractivity contribution in [2.45, 2.75) is 6.54 Å². The average Bonchev–Trinajstić information content (AvgIpc) is 3.03. The Labute approximate surface area is 142 Å². The molecule has 0 saturated heterocycles. The number of carbonyl (C=O) groups is 1. The number of amides is 1. The van der Waals surface area contributed by atoms with Crippen molar-refractivity contribution in [3.8, 4) is 11.6 Å². The third-order valence-corrected chi connectivity index (χ3v) is 3.29. The van der Waals surface area contributed by atoms with E-state index in [-0.39, 0.29) is 29.2 Å². The van der Waals surface area contributed by atoms with Crippen LogP contribution in [0.3, 0.4) is 0 Å². The summed E-state index contributed by atoms with van der Waals surface area (Å²) in [6.07, 6.45) is 1.58. The number of nitrogens with one attached hydrogen (secondary N) is 1. The molecule has 7 heteroatoms. The first-order chi connectivity index (χ1) is 11.6. The molecule has 2 heterocycles. The van der Waals surface area contributed by atoms with Crippen LogP contribution in [-0.4, -0.2) is 10.9 Å². The van der Waals surface area contributed by atoms with Crippen LogP contribution in [-0.2, 0) is 6.54 Å². The van der Waals surface area contributed by atoms with Crippen LogP contribution >= 0.6 is 11.6 Å². The zero-order chi connectivity index (χ0) is 16.9. The molecular weight excluding hydrogens is 335 g/mol. The van der Waals surface area contributed by atoms with Crippen molar-refractivity contribution < 1.29 is 18.3 Å². The fourth-order valence-corrected chi connectivity index (χ4v) is 2.05. The maximum atomic E-state index is 12.8. The Morgan fingerprint density at radius 1 is 1.17 bits per heavy atom. The Bertz CT molecular complexity index is 832. The number of nitrogens with zero attached hydrogens (tertiary/aromatic N) is 1. The Kier molecular flexibility index (Phi) is 4.77. The number of carbonyl (C=O) groups excluding carboxylic acids is 1. The molecule has 0 spiro atoms. The number of hydrogen-bond donors (Lipinski definition) is 1. The van der Waals surface area contributed by atoms with E-state index in [1.165, 1.54) is 36.4 Å². The highest BCUT2D eigenvalue weighted by molar-refractivity contribution is 6.29. The molecule has 24 heavy (non-hydrogen) atoms. The minimum Gasteiger partial charge on any atom is -0.440 e. The molecule has 1 aromatic carbocycles. The fraction of sp³-hybridized carbons (Fsp3) is 0.0588. The van der Waals surface area contributed by atoms with Crippen LogP contribution in [0.25, 0.3) is 0 Å². The lowest BCUT2D eigenvalue weighted by atomic mass is 10.3. The number of pyridine rings is 1. The van der Waals surface area contributed by atoms with Gasteiger partial charge >= 0.3 is 0 Å². The van der Waals surface area contributed by atoms with E-state index in [1.54, 1.807) is 18.3 Å². The standard InChI is InChI=1S/C17H12ClFN2O3/c18-15-7-6-14(24-15)17(22)21-10-11-1-8-16(20-9-11)23-13-4-2-12(19)3-5-13/h1-9H,10H2,(H,21,22). The predicted molar refractivity (Wildman–Crippen MR) is 85.6 cm³/mol. The van der Waals surface area contributed by atoms with Gasteiger partial charge in [-0.1, -0.05) is 6.07 Å². The predicted octanol–water partition coefficient (Wildman–Crippen LogP) is 4.19. The zero-order valence-corrected chi connectivity index (χ0v) is 13.1. The van der Waals surface area contributed by atoms with E-state index >= 15 is 0 Å². The molecule has 0 atom stereocenters. The fourth-order valence-electron chi connectivity index (χ4n) is 1.91. The largest absolute Gasteiger partial charge is 0.440 e. The number of halogens is 2. The lowest BCUT2D eigenvalue weighted by molar-refractivity contribution is 0.0923. The van der Waals surface area contributed by atoms with E-state index in [0.29, 0.717) is 11.6 Å². The van der Waals surface area contributed by atoms with Gasteiger partial charge in [-0.05, 0) is 53.6 Å². The number of hydrogen-bond acceptors (Lipinski definition) is 4. The van der Waals surface area contributed by atoms with Crippen molar-refractivity contribution in [2.24, 2.45) is 0 Å². The summed E-state index contributed by atoms with van der Waals surface area (Å²) in [6.45, 7) is 0.279. The molecule has 1 N–H and O–H groups in total. The Hall–Kier alpha value is -2.86. The highest BCUT2D eigenvalue weighted by Gasteiger charge is 2.10. The molecule has 0 radical (unpaired) electrons. The normalized spacial score (nSPS) is 10.4. The Morgan fingerprint density at radius 2 is 1.96 bits per heavy atom. The van der Waals surface area contributed by atoms with Crippen molar-refractivity contribution in [3.05, 3.63) is 77.1 Å². The Balaban J connectivity index is 1.56. The van der Waals surface area contributed by atoms with E-state index in [2.05, 4.69) is 10.3 Å². The van der Waals surface area contributed by atoms with Crippen LogP contribution in [0.15, 0.2) is 59.1 Å². The second kappa shape index (κ2) is 7.14. The van der Waals surface area contributed by atoms with E-state index < -0.39 is 0 Å². The van der Waals surface area contributed by atoms with Crippen molar-refractivity contribution in [3.63, 3.8) is 0 Å². The van der Waals surface area contributed by atoms with Gasteiger partial charge in [0.15, 0.2) is 11.0 Å². The maximum Gasteiger partial charge on any atom is 0.287 e. The van der Waals surface area contributed by atoms with E-state index in [9.17, 15) is 9.18 Å². The van der Waals surface area contributed by atoms with Crippen LogP contribution < -0.4 is 10.1 Å². The van der Waals surface area contributed by atoms with Gasteiger partial charge in [0.1, 0.15) is 11.6 Å². The van der Waals surface area contributed by atoms with Gasteiger partial charge < -0.3 is 14.5 Å². The van der Waals surface area contributed by atoms with Crippen LogP contribution in [0.5, 0.6) is 11.6 Å². The van der Waals surface area contributed by atoms with Crippen LogP contribution in [0, 0.1) is 5.82 Å². The topological polar surface area (TPSA) is 64.4 Å². The third kappa shape index (κ3) is 4.11. The molecule has 122 valence electrons. The van der Waals surface area contributed by atoms with Crippen LogP contribution in [0.4, 0.5) is 4.39 Å². The summed E-state index contributed by atoms with van der Waals surface area (Å²) in [6, 6.07) is 12.1. The molecule has 0 aliphatic rings. The number of ether oxygens (including phenoxy) is 1. The molecular formula is C17H12ClFN2O3. The van der Waals surface area contributed by atoms with Gasteiger partial charge in [0, 0.05) is 18.8 Å². The second-order valence-electron chi connectivity index (χ2n) is 4.85. The van der Waals surface area contributed by atoms with E-state index in [0.717, 1.165) is 5.56 Å². The van der Waals surface area contributed by atoms with Crippen LogP contribution in [0.1, 0.15) is 16.1 Å². The molecule has 3 aromatic rings. The smallest absolute Gasteiger partial charge is 0.287 e. The van der Waals surface area contributed by atoms with E-state index in [1.807, 2.05) is 0 Å². The quantitative estimate of drug-likeness (QED) is 0.752. The van der Waals surface area contributed by atoms with E-state index in [4.69, 9.17) is 20.8 Å². The van der Waals surface area contributed by atoms with Gasteiger partial charge in [0.05, 0.1) is 0 Å². The SMILES string of the molecule is O=C(NCc1ccc(Oc2ccc(F)cc2)nc1)c1ccc(Cl)o1. The molecule has 0 unspecified atom stereocenters. The minimum absolute atomic E-state index is 0.143. The monoisotopic (exact) mass is 346 g/mol. The van der Waals surface area contributed by atoms with Gasteiger partial charge in [-0.25, -0.2) is 9.37 Å². The summed E-state index contributed by atoms with van der Waals surface area (Å²) in [5.74, 6) is 0.297. The van der Waals surface area contributed by atoms with Gasteiger partial charge in [-0.15, -0.1) is 0 Å². The minimum atomic E-state index is -0.367. The number of furan rings is 1. The molecule has 5 nitrogen and oxygen atoms in total. The molecule has 0 fully saturated rings. The molecule has 0 saturated carbocycles. The van der Waals surface area contributed by atoms with Gasteiger partial charge in [-0.3, -0.25) is 4.79 Å². The van der Waals surface area contributed by atoms with Crippen molar-refractivity contribution >= 4 is 17.5 Å². The van der Waals surface area contributed by atoms with Crippen molar-refractivity contribution in [2.75, 3.05) is 0 Å². The zero-order valence-electron chi connectivity index (χ0n) is 12.3. The summed E-state index contributed by atoms with van der Waals surface area (Å²) >= 11 is 5.62. The van der Waals surface area contributed by atoms with Crippen molar-refractivity contribution in [1.29, 1.82) is 0 Å². The Morgan fingerprint density at radius 3 is 2.58 bits per heavy atom. The number of aromatic nitrogens is 1. The highest BCUT2D eigenvalue weighted by atomic mass is 35.5. The molecule has 1 amide bonds. The van der Waals surface area contributed by atoms with Gasteiger partial charge in [-0.2, -0.15) is 0 Å². The summed E-state index contributed by atoms with van der Waals surface area (Å²) in [5.41, 5.74) is 0.785. The van der Waals surface area contributed by atoms with Crippen molar-refractivity contribution in [1.82, 2.24) is 10.3 Å². The average molecular weight is 347 g/mol. The number of benzene rings is 1. The molecule has 2 aromatic heterocycles. The van der Waals surface area contributed by atoms with Gasteiger partial charge in [0.2, 0.25) is 5.88 Å². The lowest BCUT2D eigenvalue weighted by Gasteiger charge is -2.06. The van der Waals surface area contributed by atoms with Crippen LogP contribution in [0.2, 0.25) is 5.22 Å². The molecule has 0 aliphatic carbocycles. The first-order valence-corrected chi connectivity index (χ1v) is 7.40. The lowest BCUT2D eigenvalue weighted by Crippen LogP contribution is -2.22. The summed E-state index contributed by atoms with van der Waals surface area (Å²) in [4.78, 5) is 16.0. The maximum absolute atomic E-state index is 12.8. The number of rotatable bonds is 5. The summed E-state index contributed by atoms with van der Waals surface area (Å²) < 4.78 is 23.3. The first-order valence-electron chi connectivity index (χ1n) is 7.02. The second-order valence-corrected chi connectivity index (χ2v) is 5.22. The first kappa shape index (κ1) is 16.0. The summed E-state index contributed by atoms with van der Waals surface area (Å²) in [7, 11) is 0. The molecule has 0 bridgehead atoms. The highest BCUT2D eigenvalue weighted by Crippen LogP contribution is 2.19. The summed E-state index contributed by atoms with van der Waals surface area (Å²) in [5, 5.41) is 2.85. The molecule has 3 rings (SSSR count). The molecule has 0 aliphatic heterocycles. The third-order valence-electron chi connectivity index (χ3n) is 3.08. The van der Waals surface area contributed by atoms with Gasteiger partial charge in [0.25, 0.3) is 5.91 Å².